The van der Waals surface area contributed by atoms with Gasteiger partial charge in [0.1, 0.15) is 6.33 Å². The number of fused-ring (bicyclic) bond motifs is 1. The van der Waals surface area contributed by atoms with Crippen molar-refractivity contribution in [2.45, 2.75) is 0 Å². The van der Waals surface area contributed by atoms with Gasteiger partial charge in [0, 0.05) is 5.56 Å². The summed E-state index contributed by atoms with van der Waals surface area (Å²) in [5.74, 6) is -0.733. The molecule has 3 N–H and O–H groups in total. The number of halogens is 1. The van der Waals surface area contributed by atoms with Gasteiger partial charge < -0.3 is 15.2 Å². The van der Waals surface area contributed by atoms with Gasteiger partial charge in [-0.3, -0.25) is 15.0 Å². The molecule has 2 aromatic carbocycles. The third kappa shape index (κ3) is 3.55. The van der Waals surface area contributed by atoms with Crippen LogP contribution in [0.4, 0.5) is 0 Å². The van der Waals surface area contributed by atoms with E-state index in [2.05, 4.69) is 10.4 Å². The monoisotopic (exact) mass is 374 g/mol. The number of hydrogen-bond donors (Lipinski definition) is 2. The van der Waals surface area contributed by atoms with Gasteiger partial charge in [-0.25, -0.2) is 9.66 Å². The summed E-state index contributed by atoms with van der Waals surface area (Å²) in [7, 11) is 1.40. The number of nitrogens with two attached hydrogens (primary N) is 1. The molecule has 0 aliphatic rings. The van der Waals surface area contributed by atoms with Crippen LogP contribution in [0.25, 0.3) is 11.0 Å². The number of aromatic nitrogens is 2. The Hall–Kier alpha value is -3.26. The molecule has 3 aromatic rings. The van der Waals surface area contributed by atoms with E-state index < -0.39 is 11.8 Å². The van der Waals surface area contributed by atoms with Gasteiger partial charge in [-0.1, -0.05) is 23.7 Å². The number of hydrogen-bond acceptors (Lipinski definition) is 5. The number of para-hydroxylation sites is 2. The Labute approximate surface area is 153 Å². The van der Waals surface area contributed by atoms with Gasteiger partial charge in [0.05, 0.1) is 23.2 Å². The first-order valence-corrected chi connectivity index (χ1v) is 7.89. The fourth-order valence-corrected chi connectivity index (χ4v) is 2.62. The molecule has 2 amide bonds. The summed E-state index contributed by atoms with van der Waals surface area (Å²) in [4.78, 5) is 27.7. The highest BCUT2D eigenvalue weighted by Crippen LogP contribution is 2.36. The van der Waals surface area contributed by atoms with Gasteiger partial charge in [-0.2, -0.15) is 0 Å². The summed E-state index contributed by atoms with van der Waals surface area (Å²) >= 11 is 6.16. The normalized spacial score (nSPS) is 10.5. The highest BCUT2D eigenvalue weighted by molar-refractivity contribution is 6.32. The molecule has 8 nitrogen and oxygen atoms in total. The Kier molecular flexibility index (Phi) is 4.94. The predicted molar refractivity (Wildman–Crippen MR) is 96.1 cm³/mol. The van der Waals surface area contributed by atoms with Crippen LogP contribution in [0.3, 0.4) is 0 Å². The van der Waals surface area contributed by atoms with E-state index in [0.29, 0.717) is 0 Å². The number of imidazole rings is 1. The molecular weight excluding hydrogens is 360 g/mol. The average molecular weight is 375 g/mol. The topological polar surface area (TPSA) is 108 Å². The minimum atomic E-state index is -0.656. The summed E-state index contributed by atoms with van der Waals surface area (Å²) in [6, 6.07) is 10.2. The lowest BCUT2D eigenvalue weighted by Crippen LogP contribution is -2.22. The zero-order chi connectivity index (χ0) is 18.7. The Morgan fingerprint density at radius 2 is 2.08 bits per heavy atom. The molecule has 1 aromatic heterocycles. The zero-order valence-corrected chi connectivity index (χ0v) is 14.5. The van der Waals surface area contributed by atoms with Crippen LogP contribution in [0.5, 0.6) is 11.5 Å². The van der Waals surface area contributed by atoms with E-state index in [-0.39, 0.29) is 28.7 Å². The van der Waals surface area contributed by atoms with E-state index >= 15 is 0 Å². The Bertz CT molecular complexity index is 986. The van der Waals surface area contributed by atoms with Crippen molar-refractivity contribution < 1.29 is 19.1 Å². The van der Waals surface area contributed by atoms with E-state index in [0.717, 1.165) is 11.0 Å². The molecule has 26 heavy (non-hydrogen) atoms. The standard InChI is InChI=1S/C17H15ClN4O4/c1-25-14-7-10(6-11(18)16(14)26-8-15(19)23)17(24)21-22-9-20-12-4-2-3-5-13(12)22/h2-7,9H,8H2,1H3,(H2,19,23)(H,21,24). The van der Waals surface area contributed by atoms with Gasteiger partial charge in [-0.05, 0) is 24.3 Å². The number of benzene rings is 2. The molecule has 134 valence electrons. The van der Waals surface area contributed by atoms with E-state index in [1.807, 2.05) is 24.3 Å². The molecule has 0 bridgehead atoms. The average Bonchev–Trinajstić information content (AvgIpc) is 3.03. The first-order chi connectivity index (χ1) is 12.5. The smallest absolute Gasteiger partial charge is 0.270 e. The SMILES string of the molecule is COc1cc(C(=O)Nn2cnc3ccccc32)cc(Cl)c1OCC(N)=O. The second-order valence-corrected chi connectivity index (χ2v) is 5.70. The number of carbonyl (C=O) groups excluding carboxylic acids is 2. The number of ether oxygens (including phenoxy) is 2. The van der Waals surface area contributed by atoms with Crippen molar-refractivity contribution in [1.82, 2.24) is 9.66 Å². The van der Waals surface area contributed by atoms with Gasteiger partial charge in [0.15, 0.2) is 18.1 Å². The second-order valence-electron chi connectivity index (χ2n) is 5.29. The van der Waals surface area contributed by atoms with Crippen LogP contribution >= 0.6 is 11.6 Å². The number of methoxy groups -OCH3 is 1. The van der Waals surface area contributed by atoms with Crippen LogP contribution in [-0.2, 0) is 4.79 Å². The number of carbonyl (C=O) groups is 2. The van der Waals surface area contributed by atoms with E-state index in [1.54, 1.807) is 0 Å². The molecular formula is C17H15ClN4O4. The molecule has 0 aliphatic heterocycles. The summed E-state index contributed by atoms with van der Waals surface area (Å²) in [6.07, 6.45) is 1.51. The van der Waals surface area contributed by atoms with Crippen LogP contribution in [-0.4, -0.2) is 35.2 Å². The van der Waals surface area contributed by atoms with Crippen molar-refractivity contribution in [2.24, 2.45) is 5.73 Å². The van der Waals surface area contributed by atoms with E-state index in [9.17, 15) is 9.59 Å². The highest BCUT2D eigenvalue weighted by Gasteiger charge is 2.17. The maximum atomic E-state index is 12.6. The van der Waals surface area contributed by atoms with Crippen molar-refractivity contribution in [2.75, 3.05) is 19.1 Å². The molecule has 0 radical (unpaired) electrons. The minimum Gasteiger partial charge on any atom is -0.493 e. The molecule has 1 heterocycles. The Morgan fingerprint density at radius 1 is 1.31 bits per heavy atom. The van der Waals surface area contributed by atoms with Crippen LogP contribution in [0, 0.1) is 0 Å². The molecule has 0 saturated carbocycles. The highest BCUT2D eigenvalue weighted by atomic mass is 35.5. The van der Waals surface area contributed by atoms with Crippen LogP contribution in [0.1, 0.15) is 10.4 Å². The number of nitrogens with one attached hydrogen (secondary N) is 1. The van der Waals surface area contributed by atoms with Crippen LogP contribution < -0.4 is 20.6 Å². The molecule has 9 heteroatoms. The Balaban J connectivity index is 1.87. The Morgan fingerprint density at radius 3 is 2.81 bits per heavy atom. The van der Waals surface area contributed by atoms with Gasteiger partial charge >= 0.3 is 0 Å². The molecule has 0 atom stereocenters. The molecule has 0 unspecified atom stereocenters. The molecule has 0 spiro atoms. The van der Waals surface area contributed by atoms with Crippen molar-refractivity contribution in [3.63, 3.8) is 0 Å². The third-order valence-electron chi connectivity index (χ3n) is 3.53. The number of primary amides is 1. The predicted octanol–water partition coefficient (Wildman–Crippen LogP) is 1.95. The first kappa shape index (κ1) is 17.6. The van der Waals surface area contributed by atoms with Crippen LogP contribution in [0.15, 0.2) is 42.7 Å². The first-order valence-electron chi connectivity index (χ1n) is 7.51. The summed E-state index contributed by atoms with van der Waals surface area (Å²) in [6.45, 7) is -0.358. The van der Waals surface area contributed by atoms with Crippen molar-refractivity contribution in [3.05, 3.63) is 53.3 Å². The third-order valence-corrected chi connectivity index (χ3v) is 3.81. The van der Waals surface area contributed by atoms with Gasteiger partial charge in [-0.15, -0.1) is 0 Å². The van der Waals surface area contributed by atoms with Crippen molar-refractivity contribution in [3.8, 4) is 11.5 Å². The number of amides is 2. The molecule has 3 rings (SSSR count). The zero-order valence-electron chi connectivity index (χ0n) is 13.7. The number of nitrogens with zero attached hydrogens (tertiary/aromatic N) is 2. The fourth-order valence-electron chi connectivity index (χ4n) is 2.36. The summed E-state index contributed by atoms with van der Waals surface area (Å²) < 4.78 is 11.9. The summed E-state index contributed by atoms with van der Waals surface area (Å²) in [5, 5.41) is 0.117. The van der Waals surface area contributed by atoms with Crippen molar-refractivity contribution >= 4 is 34.4 Å². The van der Waals surface area contributed by atoms with E-state index in [1.165, 1.54) is 30.2 Å². The molecule has 0 saturated heterocycles. The summed E-state index contributed by atoms with van der Waals surface area (Å²) in [5.41, 5.74) is 9.52. The maximum absolute atomic E-state index is 12.6. The van der Waals surface area contributed by atoms with Crippen LogP contribution in [0.2, 0.25) is 5.02 Å². The minimum absolute atomic E-state index is 0.117. The lowest BCUT2D eigenvalue weighted by molar-refractivity contribution is -0.119. The van der Waals surface area contributed by atoms with Gasteiger partial charge in [0.25, 0.3) is 11.8 Å². The quantitative estimate of drug-likeness (QED) is 0.685. The largest absolute Gasteiger partial charge is 0.493 e. The molecule has 0 aliphatic carbocycles. The van der Waals surface area contributed by atoms with E-state index in [4.69, 9.17) is 26.8 Å². The lowest BCUT2D eigenvalue weighted by Gasteiger charge is -2.13. The fraction of sp³-hybridized carbons (Fsp3) is 0.118. The second kappa shape index (κ2) is 7.32. The molecule has 0 fully saturated rings. The van der Waals surface area contributed by atoms with Crippen molar-refractivity contribution in [1.29, 1.82) is 0 Å². The lowest BCUT2D eigenvalue weighted by atomic mass is 10.2. The van der Waals surface area contributed by atoms with Gasteiger partial charge in [0.2, 0.25) is 0 Å². The maximum Gasteiger partial charge on any atom is 0.270 e. The number of rotatable bonds is 6.